The summed E-state index contributed by atoms with van der Waals surface area (Å²) in [6.45, 7) is -0.708. The molecule has 0 aliphatic heterocycles. The Labute approximate surface area is 111 Å². The van der Waals surface area contributed by atoms with Crippen molar-refractivity contribution in [2.75, 3.05) is 6.54 Å². The third-order valence-corrected chi connectivity index (χ3v) is 2.54. The lowest BCUT2D eigenvalue weighted by atomic mass is 9.99. The zero-order chi connectivity index (χ0) is 15.3. The highest BCUT2D eigenvalue weighted by Gasteiger charge is 2.49. The van der Waals surface area contributed by atoms with E-state index in [0.29, 0.717) is 0 Å². The molecule has 0 saturated heterocycles. The van der Waals surface area contributed by atoms with Gasteiger partial charge in [-0.1, -0.05) is 30.3 Å². The first-order chi connectivity index (χ1) is 9.26. The van der Waals surface area contributed by atoms with Gasteiger partial charge in [0.2, 0.25) is 0 Å². The minimum absolute atomic E-state index is 0.265. The number of aliphatic carboxylic acids is 1. The Kier molecular flexibility index (Phi) is 5.06. The van der Waals surface area contributed by atoms with E-state index >= 15 is 0 Å². The van der Waals surface area contributed by atoms with Crippen LogP contribution < -0.4 is 5.32 Å². The standard InChI is InChI=1S/C12H11F4NO3/c13-10(14)12(15,16)11(20)17-6-8(9(18)19)7-4-2-1-3-5-7/h1-5,8,10H,6H2,(H,17,20)(H,18,19). The van der Waals surface area contributed by atoms with Gasteiger partial charge in [-0.15, -0.1) is 0 Å². The van der Waals surface area contributed by atoms with Crippen molar-refractivity contribution in [3.05, 3.63) is 35.9 Å². The molecule has 0 aromatic heterocycles. The van der Waals surface area contributed by atoms with Crippen molar-refractivity contribution in [1.29, 1.82) is 0 Å². The Hall–Kier alpha value is -2.12. The quantitative estimate of drug-likeness (QED) is 0.787. The van der Waals surface area contributed by atoms with Crippen molar-refractivity contribution in [1.82, 2.24) is 5.32 Å². The highest BCUT2D eigenvalue weighted by Crippen LogP contribution is 2.23. The largest absolute Gasteiger partial charge is 0.481 e. The van der Waals surface area contributed by atoms with Crippen molar-refractivity contribution < 1.29 is 32.3 Å². The highest BCUT2D eigenvalue weighted by atomic mass is 19.3. The highest BCUT2D eigenvalue weighted by molar-refractivity contribution is 5.85. The van der Waals surface area contributed by atoms with Gasteiger partial charge in [0, 0.05) is 6.54 Å². The van der Waals surface area contributed by atoms with Crippen molar-refractivity contribution in [3.63, 3.8) is 0 Å². The number of nitrogens with one attached hydrogen (secondary N) is 1. The number of amides is 1. The van der Waals surface area contributed by atoms with Gasteiger partial charge in [-0.05, 0) is 5.56 Å². The number of hydrogen-bond acceptors (Lipinski definition) is 2. The van der Waals surface area contributed by atoms with E-state index in [-0.39, 0.29) is 5.56 Å². The van der Waals surface area contributed by atoms with E-state index in [1.54, 1.807) is 6.07 Å². The molecule has 0 fully saturated rings. The van der Waals surface area contributed by atoms with E-state index in [1.807, 2.05) is 0 Å². The van der Waals surface area contributed by atoms with E-state index in [1.165, 1.54) is 29.6 Å². The predicted molar refractivity (Wildman–Crippen MR) is 60.8 cm³/mol. The molecule has 1 atom stereocenters. The van der Waals surface area contributed by atoms with Crippen molar-refractivity contribution in [3.8, 4) is 0 Å². The summed E-state index contributed by atoms with van der Waals surface area (Å²) in [6, 6.07) is 7.53. The summed E-state index contributed by atoms with van der Waals surface area (Å²) in [5, 5.41) is 10.5. The minimum Gasteiger partial charge on any atom is -0.481 e. The van der Waals surface area contributed by atoms with Crippen LogP contribution in [0, 0.1) is 0 Å². The number of carbonyl (C=O) groups excluding carboxylic acids is 1. The van der Waals surface area contributed by atoms with E-state index in [9.17, 15) is 27.2 Å². The Bertz CT molecular complexity index is 479. The monoisotopic (exact) mass is 293 g/mol. The van der Waals surface area contributed by atoms with Crippen molar-refractivity contribution >= 4 is 11.9 Å². The molecular formula is C12H11F4NO3. The van der Waals surface area contributed by atoms with Gasteiger partial charge >= 0.3 is 18.3 Å². The maximum atomic E-state index is 12.7. The molecular weight excluding hydrogens is 282 g/mol. The molecule has 0 radical (unpaired) electrons. The van der Waals surface area contributed by atoms with Gasteiger partial charge in [0.05, 0.1) is 5.92 Å². The number of carboxylic acid groups (broad SMARTS) is 1. The Morgan fingerprint density at radius 3 is 2.20 bits per heavy atom. The van der Waals surface area contributed by atoms with Crippen LogP contribution in [0.4, 0.5) is 17.6 Å². The molecule has 1 rings (SSSR count). The Morgan fingerprint density at radius 1 is 1.20 bits per heavy atom. The maximum absolute atomic E-state index is 12.7. The average Bonchev–Trinajstić information content (AvgIpc) is 2.39. The number of carboxylic acids is 1. The van der Waals surface area contributed by atoms with E-state index in [2.05, 4.69) is 0 Å². The predicted octanol–water partition coefficient (Wildman–Crippen LogP) is 1.87. The maximum Gasteiger partial charge on any atom is 0.383 e. The fraction of sp³-hybridized carbons (Fsp3) is 0.333. The summed E-state index contributed by atoms with van der Waals surface area (Å²) < 4.78 is 49.3. The molecule has 110 valence electrons. The van der Waals surface area contributed by atoms with Crippen LogP contribution >= 0.6 is 0 Å². The number of rotatable bonds is 6. The molecule has 0 heterocycles. The molecule has 0 aliphatic carbocycles. The fourth-order valence-electron chi connectivity index (χ4n) is 1.44. The summed E-state index contributed by atoms with van der Waals surface area (Å²) in [5.74, 6) is -9.71. The van der Waals surface area contributed by atoms with Gasteiger partial charge in [0.1, 0.15) is 0 Å². The first kappa shape index (κ1) is 15.9. The molecule has 20 heavy (non-hydrogen) atoms. The zero-order valence-corrected chi connectivity index (χ0v) is 10.0. The van der Waals surface area contributed by atoms with Gasteiger partial charge in [0.15, 0.2) is 0 Å². The second kappa shape index (κ2) is 6.36. The molecule has 1 unspecified atom stereocenters. The molecule has 8 heteroatoms. The van der Waals surface area contributed by atoms with Gasteiger partial charge in [-0.3, -0.25) is 9.59 Å². The number of alkyl halides is 4. The van der Waals surface area contributed by atoms with Gasteiger partial charge in [-0.25, -0.2) is 8.78 Å². The molecule has 0 aliphatic rings. The zero-order valence-electron chi connectivity index (χ0n) is 10.0. The van der Waals surface area contributed by atoms with Gasteiger partial charge < -0.3 is 10.4 Å². The van der Waals surface area contributed by atoms with Crippen LogP contribution in [0.25, 0.3) is 0 Å². The van der Waals surface area contributed by atoms with Gasteiger partial charge in [0.25, 0.3) is 5.91 Å². The minimum atomic E-state index is -4.85. The lowest BCUT2D eigenvalue weighted by molar-refractivity contribution is -0.169. The molecule has 1 aromatic carbocycles. The third kappa shape index (κ3) is 3.69. The Morgan fingerprint density at radius 2 is 1.75 bits per heavy atom. The molecule has 2 N–H and O–H groups in total. The van der Waals surface area contributed by atoms with Crippen molar-refractivity contribution in [2.24, 2.45) is 0 Å². The number of halogens is 4. The van der Waals surface area contributed by atoms with Crippen LogP contribution in [-0.2, 0) is 9.59 Å². The lowest BCUT2D eigenvalue weighted by Gasteiger charge is -2.17. The Balaban J connectivity index is 2.75. The van der Waals surface area contributed by atoms with Crippen LogP contribution in [0.5, 0.6) is 0 Å². The molecule has 4 nitrogen and oxygen atoms in total. The van der Waals surface area contributed by atoms with E-state index in [0.717, 1.165) is 0 Å². The van der Waals surface area contributed by atoms with Crippen LogP contribution in [-0.4, -0.2) is 35.9 Å². The summed E-state index contributed by atoms with van der Waals surface area (Å²) in [7, 11) is 0. The number of hydrogen-bond donors (Lipinski definition) is 2. The smallest absolute Gasteiger partial charge is 0.383 e. The van der Waals surface area contributed by atoms with E-state index < -0.39 is 36.7 Å². The molecule has 1 amide bonds. The number of benzene rings is 1. The van der Waals surface area contributed by atoms with E-state index in [4.69, 9.17) is 5.11 Å². The normalized spacial score (nSPS) is 13.1. The summed E-state index contributed by atoms with van der Waals surface area (Å²) in [5.41, 5.74) is 0.265. The topological polar surface area (TPSA) is 66.4 Å². The van der Waals surface area contributed by atoms with Crippen LogP contribution in [0.15, 0.2) is 30.3 Å². The first-order valence-corrected chi connectivity index (χ1v) is 5.48. The average molecular weight is 293 g/mol. The second-order valence-corrected chi connectivity index (χ2v) is 3.94. The third-order valence-electron chi connectivity index (χ3n) is 2.54. The molecule has 0 spiro atoms. The van der Waals surface area contributed by atoms with Gasteiger partial charge in [-0.2, -0.15) is 8.78 Å². The molecule has 1 aromatic rings. The molecule has 0 saturated carbocycles. The van der Waals surface area contributed by atoms with Crippen LogP contribution in [0.2, 0.25) is 0 Å². The fourth-order valence-corrected chi connectivity index (χ4v) is 1.44. The number of carbonyl (C=O) groups is 2. The summed E-state index contributed by atoms with van der Waals surface area (Å²) in [4.78, 5) is 21.9. The van der Waals surface area contributed by atoms with Crippen LogP contribution in [0.1, 0.15) is 11.5 Å². The first-order valence-electron chi connectivity index (χ1n) is 5.48. The summed E-state index contributed by atoms with van der Waals surface area (Å²) in [6.07, 6.45) is -4.15. The second-order valence-electron chi connectivity index (χ2n) is 3.94. The summed E-state index contributed by atoms with van der Waals surface area (Å²) >= 11 is 0. The molecule has 0 bridgehead atoms. The SMILES string of the molecule is O=C(O)C(CNC(=O)C(F)(F)C(F)F)c1ccccc1. The lowest BCUT2D eigenvalue weighted by Crippen LogP contribution is -2.46. The van der Waals surface area contributed by atoms with Crippen molar-refractivity contribution in [2.45, 2.75) is 18.3 Å². The van der Waals surface area contributed by atoms with Crippen LogP contribution in [0.3, 0.4) is 0 Å².